The summed E-state index contributed by atoms with van der Waals surface area (Å²) < 4.78 is 36.6. The second-order valence-corrected chi connectivity index (χ2v) is 7.31. The van der Waals surface area contributed by atoms with Gasteiger partial charge in [0.25, 0.3) is 11.8 Å². The van der Waals surface area contributed by atoms with E-state index >= 15 is 0 Å². The molecule has 3 aromatic rings. The van der Waals surface area contributed by atoms with Gasteiger partial charge in [-0.05, 0) is 27.9 Å². The number of imidazole rings is 1. The summed E-state index contributed by atoms with van der Waals surface area (Å²) in [5.74, 6) is -3.73. The zero-order valence-electron chi connectivity index (χ0n) is 16.5. The monoisotopic (exact) mass is 435 g/mol. The number of rotatable bonds is 8. The predicted molar refractivity (Wildman–Crippen MR) is 99.1 cm³/mol. The van der Waals surface area contributed by atoms with E-state index in [-0.39, 0.29) is 55.8 Å². The first-order valence-corrected chi connectivity index (χ1v) is 9.45. The fraction of sp³-hybridized carbons (Fsp3) is 0.444. The molecule has 3 aromatic heterocycles. The Morgan fingerprint density at radius 3 is 2.84 bits per heavy atom. The molecule has 2 amide bonds. The molecule has 164 valence electrons. The van der Waals surface area contributed by atoms with Crippen LogP contribution < -0.4 is 15.4 Å². The largest absolute Gasteiger partial charge is 0.477 e. The van der Waals surface area contributed by atoms with E-state index < -0.39 is 11.8 Å². The molecule has 4 rings (SSSR count). The van der Waals surface area contributed by atoms with Crippen molar-refractivity contribution in [3.63, 3.8) is 0 Å². The van der Waals surface area contributed by atoms with Crippen molar-refractivity contribution >= 4 is 17.5 Å². The first-order valence-electron chi connectivity index (χ1n) is 9.45. The van der Waals surface area contributed by atoms with Crippen LogP contribution in [0, 0.1) is 5.92 Å². The van der Waals surface area contributed by atoms with Gasteiger partial charge in [0, 0.05) is 25.8 Å². The van der Waals surface area contributed by atoms with Gasteiger partial charge in [0.15, 0.2) is 5.65 Å². The number of nitrogens with zero attached hydrogens (tertiary/aromatic N) is 5. The van der Waals surface area contributed by atoms with E-state index in [0.717, 1.165) is 0 Å². The van der Waals surface area contributed by atoms with E-state index in [1.54, 1.807) is 18.5 Å². The number of alkyl halides is 2. The van der Waals surface area contributed by atoms with Crippen molar-refractivity contribution in [2.75, 3.05) is 7.11 Å². The molecular weight excluding hydrogens is 416 g/mol. The predicted octanol–water partition coefficient (Wildman–Crippen LogP) is 1.10. The third-order valence-corrected chi connectivity index (χ3v) is 4.86. The number of nitrogens with one attached hydrogen (secondary N) is 2. The Morgan fingerprint density at radius 1 is 1.29 bits per heavy atom. The first kappa shape index (κ1) is 20.6. The van der Waals surface area contributed by atoms with Gasteiger partial charge in [-0.15, -0.1) is 0 Å². The highest BCUT2D eigenvalue weighted by atomic mass is 19.3. The Kier molecular flexibility index (Phi) is 5.48. The maximum absolute atomic E-state index is 12.9. The van der Waals surface area contributed by atoms with E-state index in [2.05, 4.69) is 35.7 Å². The lowest BCUT2D eigenvalue weighted by molar-refractivity contribution is -0.133. The maximum Gasteiger partial charge on any atom is 0.288 e. The van der Waals surface area contributed by atoms with Crippen LogP contribution in [-0.4, -0.2) is 49.8 Å². The van der Waals surface area contributed by atoms with Gasteiger partial charge in [-0.25, -0.2) is 22.9 Å². The molecule has 1 fully saturated rings. The van der Waals surface area contributed by atoms with Crippen molar-refractivity contribution < 1.29 is 27.7 Å². The van der Waals surface area contributed by atoms with Gasteiger partial charge < -0.3 is 15.4 Å². The quantitative estimate of drug-likeness (QED) is 0.537. The van der Waals surface area contributed by atoms with E-state index in [9.17, 15) is 18.4 Å². The van der Waals surface area contributed by atoms with Gasteiger partial charge in [0.2, 0.25) is 17.5 Å². The maximum atomic E-state index is 12.9. The highest BCUT2D eigenvalue weighted by Crippen LogP contribution is 2.43. The van der Waals surface area contributed by atoms with Crippen molar-refractivity contribution in [2.24, 2.45) is 5.92 Å². The van der Waals surface area contributed by atoms with Crippen molar-refractivity contribution in [2.45, 2.75) is 38.3 Å². The third-order valence-electron chi connectivity index (χ3n) is 4.86. The summed E-state index contributed by atoms with van der Waals surface area (Å²) in [7, 11) is 1.34. The molecule has 0 aromatic carbocycles. The van der Waals surface area contributed by atoms with E-state index in [4.69, 9.17) is 4.74 Å². The number of carbonyl (C=O) groups excluding carboxylic acids is 2. The molecule has 31 heavy (non-hydrogen) atoms. The summed E-state index contributed by atoms with van der Waals surface area (Å²) in [5.41, 5.74) is 1.70. The molecule has 2 N–H and O–H groups in total. The molecule has 0 aliphatic heterocycles. The van der Waals surface area contributed by atoms with E-state index in [1.165, 1.54) is 11.6 Å². The van der Waals surface area contributed by atoms with Crippen LogP contribution in [0.5, 0.6) is 5.88 Å². The number of ether oxygens (including phenoxy) is 1. The van der Waals surface area contributed by atoms with Gasteiger partial charge in [-0.1, -0.05) is 0 Å². The number of fused-ring (bicyclic) bond motifs is 1. The summed E-state index contributed by atoms with van der Waals surface area (Å²) in [6, 6.07) is 1.74. The minimum absolute atomic E-state index is 0.0214. The second kappa shape index (κ2) is 8.24. The first-order chi connectivity index (χ1) is 14.8. The molecule has 1 saturated carbocycles. The summed E-state index contributed by atoms with van der Waals surface area (Å²) >= 11 is 0. The highest BCUT2D eigenvalue weighted by molar-refractivity contribution is 5.94. The van der Waals surface area contributed by atoms with E-state index in [1.807, 2.05) is 0 Å². The highest BCUT2D eigenvalue weighted by Gasteiger charge is 2.45. The van der Waals surface area contributed by atoms with Gasteiger partial charge >= 0.3 is 0 Å². The smallest absolute Gasteiger partial charge is 0.288 e. The summed E-state index contributed by atoms with van der Waals surface area (Å²) in [4.78, 5) is 28.4. The Bertz CT molecular complexity index is 1110. The lowest BCUT2D eigenvalue weighted by Gasteiger charge is -2.34. The summed E-state index contributed by atoms with van der Waals surface area (Å²) in [6.07, 6.45) is 2.83. The van der Waals surface area contributed by atoms with Crippen LogP contribution in [0.2, 0.25) is 0 Å². The van der Waals surface area contributed by atoms with Gasteiger partial charge in [0.05, 0.1) is 31.7 Å². The number of halogens is 2. The van der Waals surface area contributed by atoms with Crippen molar-refractivity contribution in [3.8, 4) is 5.88 Å². The topological polar surface area (TPSA) is 137 Å². The van der Waals surface area contributed by atoms with Crippen molar-refractivity contribution in [3.05, 3.63) is 35.4 Å². The molecular formula is C18H19F2N7O4. The molecule has 0 radical (unpaired) electrons. The van der Waals surface area contributed by atoms with E-state index in [0.29, 0.717) is 16.9 Å². The molecule has 0 bridgehead atoms. The van der Waals surface area contributed by atoms with Crippen LogP contribution in [0.25, 0.3) is 5.65 Å². The van der Waals surface area contributed by atoms with Gasteiger partial charge in [-0.2, -0.15) is 5.10 Å². The number of methoxy groups -OCH3 is 1. The number of amides is 2. The van der Waals surface area contributed by atoms with Gasteiger partial charge in [-0.3, -0.25) is 9.59 Å². The summed E-state index contributed by atoms with van der Waals surface area (Å²) in [5, 5.41) is 16.5. The average Bonchev–Trinajstić information content (AvgIpc) is 3.35. The number of hydrogen-bond donors (Lipinski definition) is 2. The Hall–Kier alpha value is -3.64. The van der Waals surface area contributed by atoms with Crippen LogP contribution in [-0.2, 0) is 17.9 Å². The van der Waals surface area contributed by atoms with Crippen LogP contribution in [0.3, 0.4) is 0 Å². The van der Waals surface area contributed by atoms with Crippen LogP contribution >= 0.6 is 0 Å². The second-order valence-electron chi connectivity index (χ2n) is 7.31. The SMILES string of the molecule is COc1nonc1C(=O)NCc1cn2ncc(CNC(=O)CC3CC(F)(F)C3)cc2n1. The third kappa shape index (κ3) is 4.75. The van der Waals surface area contributed by atoms with Crippen molar-refractivity contribution in [1.29, 1.82) is 0 Å². The molecule has 1 aliphatic carbocycles. The average molecular weight is 435 g/mol. The fourth-order valence-corrected chi connectivity index (χ4v) is 3.32. The molecule has 0 saturated heterocycles. The number of hydrogen-bond acceptors (Lipinski definition) is 8. The molecule has 0 spiro atoms. The van der Waals surface area contributed by atoms with Crippen LogP contribution in [0.1, 0.15) is 41.0 Å². The molecule has 1 aliphatic rings. The van der Waals surface area contributed by atoms with Crippen LogP contribution in [0.4, 0.5) is 8.78 Å². The standard InChI is InChI=1S/C18H19F2N7O4/c1-30-17-15(25-31-26-17)16(29)22-8-12-9-27-13(24-12)2-11(7-23-27)6-21-14(28)3-10-4-18(19,20)5-10/h2,7,9-10H,3-6,8H2,1H3,(H,21,28)(H,22,29). The Balaban J connectivity index is 1.30. The molecule has 13 heteroatoms. The minimum Gasteiger partial charge on any atom is -0.477 e. The lowest BCUT2D eigenvalue weighted by atomic mass is 9.79. The fourth-order valence-electron chi connectivity index (χ4n) is 3.32. The molecule has 3 heterocycles. The number of aromatic nitrogens is 5. The zero-order chi connectivity index (χ0) is 22.0. The van der Waals surface area contributed by atoms with Gasteiger partial charge in [0.1, 0.15) is 0 Å². The Morgan fingerprint density at radius 2 is 2.10 bits per heavy atom. The molecule has 11 nitrogen and oxygen atoms in total. The summed E-state index contributed by atoms with van der Waals surface area (Å²) in [6.45, 7) is 0.319. The normalized spacial score (nSPS) is 15.5. The zero-order valence-corrected chi connectivity index (χ0v) is 16.5. The van der Waals surface area contributed by atoms with Crippen LogP contribution in [0.15, 0.2) is 23.1 Å². The minimum atomic E-state index is -2.63. The van der Waals surface area contributed by atoms with Crippen molar-refractivity contribution in [1.82, 2.24) is 35.5 Å². The lowest BCUT2D eigenvalue weighted by Crippen LogP contribution is -2.38. The molecule has 0 unspecified atom stereocenters. The molecule has 0 atom stereocenters. The Labute approximate surface area is 174 Å². The number of carbonyl (C=O) groups is 2.